The molecule has 0 spiro atoms. The minimum absolute atomic E-state index is 0.0107. The molecule has 3 rings (SSSR count). The van der Waals surface area contributed by atoms with Gasteiger partial charge in [-0.2, -0.15) is 4.31 Å². The quantitative estimate of drug-likeness (QED) is 0.707. The second-order valence-corrected chi connectivity index (χ2v) is 9.13. The summed E-state index contributed by atoms with van der Waals surface area (Å²) < 4.78 is 32.4. The topological polar surface area (TPSA) is 66.9 Å². The zero-order chi connectivity index (χ0) is 20.5. The second-order valence-electron chi connectivity index (χ2n) is 6.79. The molecule has 0 bridgehead atoms. The molecule has 0 amide bonds. The number of ether oxygens (including phenoxy) is 1. The molecule has 0 aliphatic carbocycles. The number of aryl methyl sites for hydroxylation is 2. The van der Waals surface area contributed by atoms with Crippen LogP contribution in [0.3, 0.4) is 0 Å². The summed E-state index contributed by atoms with van der Waals surface area (Å²) in [5, 5.41) is 0.250. The summed E-state index contributed by atoms with van der Waals surface area (Å²) >= 11 is 6.00. The van der Waals surface area contributed by atoms with Gasteiger partial charge in [-0.25, -0.2) is 13.2 Å². The Labute approximate surface area is 170 Å². The first-order valence-electron chi connectivity index (χ1n) is 8.94. The Kier molecular flexibility index (Phi) is 5.98. The number of hydrogen-bond donors (Lipinski definition) is 0. The van der Waals surface area contributed by atoms with Crippen molar-refractivity contribution < 1.29 is 17.9 Å². The molecule has 28 heavy (non-hydrogen) atoms. The lowest BCUT2D eigenvalue weighted by Gasteiger charge is -2.35. The predicted molar refractivity (Wildman–Crippen MR) is 110 cm³/mol. The second kappa shape index (κ2) is 8.11. The Morgan fingerprint density at radius 1 is 1.00 bits per heavy atom. The number of carbonyl (C=O) groups excluding carboxylic acids is 1. The van der Waals surface area contributed by atoms with Gasteiger partial charge in [0.15, 0.2) is 0 Å². The van der Waals surface area contributed by atoms with Gasteiger partial charge in [0.1, 0.15) is 0 Å². The summed E-state index contributed by atoms with van der Waals surface area (Å²) in [6.45, 7) is 5.90. The maximum absolute atomic E-state index is 13.2. The average molecular weight is 423 g/mol. The van der Waals surface area contributed by atoms with Crippen molar-refractivity contribution in [3.8, 4) is 0 Å². The average Bonchev–Trinajstić information content (AvgIpc) is 2.69. The molecule has 1 fully saturated rings. The maximum atomic E-state index is 13.2. The van der Waals surface area contributed by atoms with Crippen LogP contribution in [-0.2, 0) is 14.8 Å². The molecule has 8 heteroatoms. The van der Waals surface area contributed by atoms with Crippen LogP contribution in [0.1, 0.15) is 21.5 Å². The standard InChI is InChI=1S/C20H23ClN2O4S/c1-14-4-6-17(12-15(14)2)22-8-10-23(11-9-22)28(25,26)19-13-16(21)5-7-18(19)20(24)27-3/h4-7,12-13H,8-11H2,1-3H3. The van der Waals surface area contributed by atoms with E-state index in [2.05, 4.69) is 36.9 Å². The van der Waals surface area contributed by atoms with Crippen molar-refractivity contribution in [1.29, 1.82) is 0 Å². The van der Waals surface area contributed by atoms with E-state index < -0.39 is 16.0 Å². The molecule has 150 valence electrons. The van der Waals surface area contributed by atoms with Crippen LogP contribution in [0, 0.1) is 13.8 Å². The molecule has 1 aliphatic rings. The van der Waals surface area contributed by atoms with Crippen LogP contribution < -0.4 is 4.90 Å². The van der Waals surface area contributed by atoms with Crippen LogP contribution >= 0.6 is 11.6 Å². The van der Waals surface area contributed by atoms with Crippen molar-refractivity contribution in [2.75, 3.05) is 38.2 Å². The van der Waals surface area contributed by atoms with Gasteiger partial charge in [-0.05, 0) is 55.3 Å². The van der Waals surface area contributed by atoms with Crippen LogP contribution in [-0.4, -0.2) is 52.0 Å². The number of methoxy groups -OCH3 is 1. The number of halogens is 1. The Hall–Kier alpha value is -2.09. The zero-order valence-corrected chi connectivity index (χ0v) is 17.7. The van der Waals surface area contributed by atoms with E-state index in [1.165, 1.54) is 40.7 Å². The lowest BCUT2D eigenvalue weighted by atomic mass is 10.1. The number of rotatable bonds is 4. The number of hydrogen-bond acceptors (Lipinski definition) is 5. The fourth-order valence-electron chi connectivity index (χ4n) is 3.24. The van der Waals surface area contributed by atoms with Crippen LogP contribution in [0.25, 0.3) is 0 Å². The van der Waals surface area contributed by atoms with Gasteiger partial charge in [-0.1, -0.05) is 17.7 Å². The van der Waals surface area contributed by atoms with E-state index in [1.54, 1.807) is 0 Å². The van der Waals surface area contributed by atoms with Gasteiger partial charge in [0, 0.05) is 36.9 Å². The Morgan fingerprint density at radius 3 is 2.29 bits per heavy atom. The Balaban J connectivity index is 1.83. The molecular formula is C20H23ClN2O4S. The first kappa shape index (κ1) is 20.6. The lowest BCUT2D eigenvalue weighted by molar-refractivity contribution is 0.0596. The molecule has 0 unspecified atom stereocenters. The van der Waals surface area contributed by atoms with E-state index in [0.29, 0.717) is 26.2 Å². The largest absolute Gasteiger partial charge is 0.465 e. The molecular weight excluding hydrogens is 400 g/mol. The molecule has 6 nitrogen and oxygen atoms in total. The van der Waals surface area contributed by atoms with Crippen LogP contribution in [0.4, 0.5) is 5.69 Å². The minimum atomic E-state index is -3.87. The third-order valence-electron chi connectivity index (χ3n) is 5.06. The highest BCUT2D eigenvalue weighted by Gasteiger charge is 2.32. The predicted octanol–water partition coefficient (Wildman–Crippen LogP) is 3.25. The molecule has 2 aromatic rings. The van der Waals surface area contributed by atoms with E-state index >= 15 is 0 Å². The number of sulfonamides is 1. The highest BCUT2D eigenvalue weighted by Crippen LogP contribution is 2.27. The molecule has 1 aliphatic heterocycles. The van der Waals surface area contributed by atoms with Crippen molar-refractivity contribution in [1.82, 2.24) is 4.31 Å². The van der Waals surface area contributed by atoms with E-state index in [4.69, 9.17) is 16.3 Å². The molecule has 0 aromatic heterocycles. The van der Waals surface area contributed by atoms with E-state index in [-0.39, 0.29) is 15.5 Å². The monoisotopic (exact) mass is 422 g/mol. The third kappa shape index (κ3) is 4.01. The first-order valence-corrected chi connectivity index (χ1v) is 10.8. The zero-order valence-electron chi connectivity index (χ0n) is 16.1. The molecule has 1 heterocycles. The normalized spacial score (nSPS) is 15.5. The van der Waals surface area contributed by atoms with Crippen molar-refractivity contribution in [2.24, 2.45) is 0 Å². The molecule has 0 N–H and O–H groups in total. The summed E-state index contributed by atoms with van der Waals surface area (Å²) in [6.07, 6.45) is 0. The number of nitrogens with zero attached hydrogens (tertiary/aromatic N) is 2. The molecule has 2 aromatic carbocycles. The Morgan fingerprint density at radius 2 is 1.68 bits per heavy atom. The van der Waals surface area contributed by atoms with Crippen LogP contribution in [0.2, 0.25) is 5.02 Å². The number of benzene rings is 2. The highest BCUT2D eigenvalue weighted by molar-refractivity contribution is 7.89. The summed E-state index contributed by atoms with van der Waals surface area (Å²) in [5.74, 6) is -0.705. The fourth-order valence-corrected chi connectivity index (χ4v) is 5.10. The number of esters is 1. The highest BCUT2D eigenvalue weighted by atomic mass is 35.5. The van der Waals surface area contributed by atoms with Gasteiger partial charge in [-0.15, -0.1) is 0 Å². The summed E-state index contributed by atoms with van der Waals surface area (Å²) in [7, 11) is -2.65. The number of piperazine rings is 1. The first-order chi connectivity index (χ1) is 13.2. The summed E-state index contributed by atoms with van der Waals surface area (Å²) in [6, 6.07) is 10.4. The third-order valence-corrected chi connectivity index (χ3v) is 7.23. The van der Waals surface area contributed by atoms with Gasteiger partial charge in [-0.3, -0.25) is 0 Å². The van der Waals surface area contributed by atoms with Gasteiger partial charge < -0.3 is 9.64 Å². The van der Waals surface area contributed by atoms with Crippen LogP contribution in [0.15, 0.2) is 41.3 Å². The minimum Gasteiger partial charge on any atom is -0.465 e. The maximum Gasteiger partial charge on any atom is 0.339 e. The van der Waals surface area contributed by atoms with E-state index in [1.807, 2.05) is 0 Å². The van der Waals surface area contributed by atoms with E-state index in [9.17, 15) is 13.2 Å². The number of carbonyl (C=O) groups is 1. The van der Waals surface area contributed by atoms with Crippen molar-refractivity contribution in [3.63, 3.8) is 0 Å². The lowest BCUT2D eigenvalue weighted by Crippen LogP contribution is -2.48. The van der Waals surface area contributed by atoms with Gasteiger partial charge in [0.2, 0.25) is 10.0 Å². The van der Waals surface area contributed by atoms with Crippen molar-refractivity contribution in [3.05, 3.63) is 58.1 Å². The number of anilines is 1. The van der Waals surface area contributed by atoms with Crippen molar-refractivity contribution in [2.45, 2.75) is 18.7 Å². The Bertz CT molecular complexity index is 999. The smallest absolute Gasteiger partial charge is 0.339 e. The summed E-state index contributed by atoms with van der Waals surface area (Å²) in [4.78, 5) is 14.1. The van der Waals surface area contributed by atoms with Gasteiger partial charge in [0.25, 0.3) is 0 Å². The van der Waals surface area contributed by atoms with E-state index in [0.717, 1.165) is 5.69 Å². The van der Waals surface area contributed by atoms with Crippen LogP contribution in [0.5, 0.6) is 0 Å². The molecule has 0 saturated carbocycles. The van der Waals surface area contributed by atoms with Gasteiger partial charge in [0.05, 0.1) is 17.6 Å². The fraction of sp³-hybridized carbons (Fsp3) is 0.350. The summed E-state index contributed by atoms with van der Waals surface area (Å²) in [5.41, 5.74) is 3.50. The SMILES string of the molecule is COC(=O)c1ccc(Cl)cc1S(=O)(=O)N1CCN(c2ccc(C)c(C)c2)CC1. The molecule has 0 radical (unpaired) electrons. The molecule has 0 atom stereocenters. The van der Waals surface area contributed by atoms with Gasteiger partial charge >= 0.3 is 5.97 Å². The van der Waals surface area contributed by atoms with Crippen molar-refractivity contribution >= 4 is 33.3 Å². The molecule has 1 saturated heterocycles.